The number of carbonyl (C=O) groups excluding carboxylic acids is 2. The quantitative estimate of drug-likeness (QED) is 0.547. The molecule has 2 amide bonds. The largest absolute Gasteiger partial charge is 0.492 e. The van der Waals surface area contributed by atoms with Gasteiger partial charge in [-0.25, -0.2) is 0 Å². The van der Waals surface area contributed by atoms with Gasteiger partial charge in [-0.15, -0.1) is 0 Å². The highest BCUT2D eigenvalue weighted by atomic mass is 79.9. The number of amides is 2. The number of likely N-dealkylation sites (N-methyl/N-ethyl adjacent to an activating group) is 1. The number of hydrogen-bond donors (Lipinski definition) is 2. The first-order valence-corrected chi connectivity index (χ1v) is 12.1. The first kappa shape index (κ1) is 25.1. The lowest BCUT2D eigenvalue weighted by Crippen LogP contribution is -2.47. The highest BCUT2D eigenvalue weighted by Gasteiger charge is 2.21. The Bertz CT molecular complexity index is 1020. The lowest BCUT2D eigenvalue weighted by molar-refractivity contribution is 0.0664. The second-order valence-corrected chi connectivity index (χ2v) is 9.75. The first-order chi connectivity index (χ1) is 15.7. The third-order valence-electron chi connectivity index (χ3n) is 5.14. The molecule has 0 spiro atoms. The molecule has 1 heterocycles. The molecule has 0 radical (unpaired) electrons. The molecule has 2 aromatic carbocycles. The lowest BCUT2D eigenvalue weighted by atomic mass is 10.1. The Hall–Kier alpha value is -2.49. The number of carbonyl (C=O) groups is 2. The van der Waals surface area contributed by atoms with Crippen LogP contribution in [0.4, 0.5) is 5.69 Å². The van der Waals surface area contributed by atoms with Gasteiger partial charge in [0.1, 0.15) is 5.75 Å². The molecule has 1 fully saturated rings. The summed E-state index contributed by atoms with van der Waals surface area (Å²) < 4.78 is 6.55. The molecular formula is C24H29BrN4O3S. The number of anilines is 1. The van der Waals surface area contributed by atoms with Gasteiger partial charge in [-0.3, -0.25) is 14.9 Å². The molecule has 3 rings (SSSR count). The number of rotatable bonds is 6. The summed E-state index contributed by atoms with van der Waals surface area (Å²) in [5, 5.41) is 5.83. The molecule has 0 aliphatic carbocycles. The van der Waals surface area contributed by atoms with E-state index in [1.165, 1.54) is 0 Å². The molecule has 0 saturated carbocycles. The standard InChI is InChI=1S/C24H29BrN4O3S/c1-16(2)15-32-21-8-7-18(25)14-20(21)22(30)27-24(33)26-19-6-4-5-17(13-19)23(31)29-11-9-28(3)10-12-29/h4-8,13-14,16H,9-12,15H2,1-3H3,(H2,26,27,30,33). The van der Waals surface area contributed by atoms with Gasteiger partial charge in [-0.1, -0.05) is 35.8 Å². The summed E-state index contributed by atoms with van der Waals surface area (Å²) >= 11 is 8.74. The van der Waals surface area contributed by atoms with Crippen molar-refractivity contribution in [3.8, 4) is 5.75 Å². The molecule has 1 aliphatic heterocycles. The van der Waals surface area contributed by atoms with E-state index in [4.69, 9.17) is 17.0 Å². The van der Waals surface area contributed by atoms with Gasteiger partial charge in [0.25, 0.3) is 11.8 Å². The maximum absolute atomic E-state index is 12.9. The van der Waals surface area contributed by atoms with Gasteiger partial charge in [-0.2, -0.15) is 0 Å². The number of halogens is 1. The Morgan fingerprint density at radius 2 is 1.85 bits per heavy atom. The van der Waals surface area contributed by atoms with Crippen molar-refractivity contribution in [1.82, 2.24) is 15.1 Å². The molecule has 0 aromatic heterocycles. The number of nitrogens with zero attached hydrogens (tertiary/aromatic N) is 2. The second-order valence-electron chi connectivity index (χ2n) is 8.43. The van der Waals surface area contributed by atoms with Gasteiger partial charge in [-0.05, 0) is 61.6 Å². The molecule has 1 saturated heterocycles. The van der Waals surface area contributed by atoms with Gasteiger partial charge in [0.15, 0.2) is 5.11 Å². The fraction of sp³-hybridized carbons (Fsp3) is 0.375. The van der Waals surface area contributed by atoms with Crippen molar-refractivity contribution in [2.24, 2.45) is 5.92 Å². The van der Waals surface area contributed by atoms with Crippen LogP contribution in [0.1, 0.15) is 34.6 Å². The summed E-state index contributed by atoms with van der Waals surface area (Å²) in [4.78, 5) is 29.8. The van der Waals surface area contributed by atoms with Crippen LogP contribution in [0, 0.1) is 5.92 Å². The van der Waals surface area contributed by atoms with E-state index in [0.29, 0.717) is 48.2 Å². The van der Waals surface area contributed by atoms with Crippen LogP contribution in [0.2, 0.25) is 0 Å². The SMILES string of the molecule is CC(C)COc1ccc(Br)cc1C(=O)NC(=S)Nc1cccc(C(=O)N2CCN(C)CC2)c1. The average Bonchev–Trinajstić information content (AvgIpc) is 2.78. The minimum atomic E-state index is -0.378. The van der Waals surface area contributed by atoms with Crippen LogP contribution in [0.3, 0.4) is 0 Å². The molecule has 2 N–H and O–H groups in total. The average molecular weight is 533 g/mol. The normalized spacial score (nSPS) is 14.2. The summed E-state index contributed by atoms with van der Waals surface area (Å²) in [7, 11) is 2.05. The van der Waals surface area contributed by atoms with Crippen molar-refractivity contribution >= 4 is 50.8 Å². The van der Waals surface area contributed by atoms with E-state index in [9.17, 15) is 9.59 Å². The number of nitrogens with one attached hydrogen (secondary N) is 2. The highest BCUT2D eigenvalue weighted by molar-refractivity contribution is 9.10. The third-order valence-corrected chi connectivity index (χ3v) is 5.84. The summed E-state index contributed by atoms with van der Waals surface area (Å²) in [5.74, 6) is 0.431. The monoisotopic (exact) mass is 532 g/mol. The molecule has 0 atom stereocenters. The summed E-state index contributed by atoms with van der Waals surface area (Å²) in [6, 6.07) is 12.4. The van der Waals surface area contributed by atoms with E-state index in [0.717, 1.165) is 17.6 Å². The molecule has 9 heteroatoms. The van der Waals surface area contributed by atoms with Crippen molar-refractivity contribution in [1.29, 1.82) is 0 Å². The molecule has 0 bridgehead atoms. The van der Waals surface area contributed by atoms with Gasteiger partial charge in [0.2, 0.25) is 0 Å². The van der Waals surface area contributed by atoms with Gasteiger partial charge in [0.05, 0.1) is 12.2 Å². The molecule has 1 aliphatic rings. The van der Waals surface area contributed by atoms with Crippen LogP contribution in [0.5, 0.6) is 5.75 Å². The fourth-order valence-corrected chi connectivity index (χ4v) is 3.89. The smallest absolute Gasteiger partial charge is 0.261 e. The van der Waals surface area contributed by atoms with Crippen LogP contribution in [0.25, 0.3) is 0 Å². The van der Waals surface area contributed by atoms with Crippen LogP contribution in [0.15, 0.2) is 46.9 Å². The molecule has 2 aromatic rings. The Morgan fingerprint density at radius 1 is 1.12 bits per heavy atom. The minimum Gasteiger partial charge on any atom is -0.492 e. The number of ether oxygens (including phenoxy) is 1. The Balaban J connectivity index is 1.64. The zero-order valence-electron chi connectivity index (χ0n) is 19.1. The number of hydrogen-bond acceptors (Lipinski definition) is 5. The van der Waals surface area contributed by atoms with Gasteiger partial charge in [0, 0.05) is 41.9 Å². The lowest BCUT2D eigenvalue weighted by Gasteiger charge is -2.32. The van der Waals surface area contributed by atoms with Crippen LogP contribution < -0.4 is 15.4 Å². The van der Waals surface area contributed by atoms with E-state index in [-0.39, 0.29) is 16.9 Å². The Labute approximate surface area is 208 Å². The van der Waals surface area contributed by atoms with E-state index in [1.807, 2.05) is 24.8 Å². The van der Waals surface area contributed by atoms with E-state index in [1.54, 1.807) is 36.4 Å². The van der Waals surface area contributed by atoms with E-state index < -0.39 is 0 Å². The van der Waals surface area contributed by atoms with Crippen LogP contribution >= 0.6 is 28.1 Å². The zero-order valence-corrected chi connectivity index (χ0v) is 21.5. The van der Waals surface area contributed by atoms with Crippen LogP contribution in [-0.4, -0.2) is 66.6 Å². The van der Waals surface area contributed by atoms with E-state index in [2.05, 4.69) is 38.5 Å². The maximum Gasteiger partial charge on any atom is 0.261 e. The first-order valence-electron chi connectivity index (χ1n) is 10.9. The second kappa shape index (κ2) is 11.6. The van der Waals surface area contributed by atoms with Gasteiger partial charge >= 0.3 is 0 Å². The number of benzene rings is 2. The van der Waals surface area contributed by atoms with Crippen molar-refractivity contribution < 1.29 is 14.3 Å². The van der Waals surface area contributed by atoms with Crippen molar-refractivity contribution in [2.45, 2.75) is 13.8 Å². The molecular weight excluding hydrogens is 504 g/mol. The number of thiocarbonyl (C=S) groups is 1. The predicted molar refractivity (Wildman–Crippen MR) is 138 cm³/mol. The molecule has 0 unspecified atom stereocenters. The topological polar surface area (TPSA) is 73.9 Å². The van der Waals surface area contributed by atoms with Crippen molar-refractivity contribution in [3.63, 3.8) is 0 Å². The van der Waals surface area contributed by atoms with E-state index >= 15 is 0 Å². The molecule has 7 nitrogen and oxygen atoms in total. The Morgan fingerprint density at radius 3 is 2.55 bits per heavy atom. The van der Waals surface area contributed by atoms with Crippen LogP contribution in [-0.2, 0) is 0 Å². The predicted octanol–water partition coefficient (Wildman–Crippen LogP) is 4.00. The number of piperazine rings is 1. The highest BCUT2D eigenvalue weighted by Crippen LogP contribution is 2.24. The summed E-state index contributed by atoms with van der Waals surface area (Å²) in [5.41, 5.74) is 1.59. The maximum atomic E-state index is 12.9. The fourth-order valence-electron chi connectivity index (χ4n) is 3.32. The third kappa shape index (κ3) is 7.25. The molecule has 33 heavy (non-hydrogen) atoms. The summed E-state index contributed by atoms with van der Waals surface area (Å²) in [6.07, 6.45) is 0. The van der Waals surface area contributed by atoms with Gasteiger partial charge < -0.3 is 19.9 Å². The summed E-state index contributed by atoms with van der Waals surface area (Å²) in [6.45, 7) is 7.71. The minimum absolute atomic E-state index is 0.0113. The zero-order chi connectivity index (χ0) is 24.0. The van der Waals surface area contributed by atoms with Crippen molar-refractivity contribution in [2.75, 3.05) is 45.2 Å². The Kier molecular flexibility index (Phi) is 8.82. The van der Waals surface area contributed by atoms with Crippen molar-refractivity contribution in [3.05, 3.63) is 58.1 Å². The molecule has 176 valence electrons.